The fourth-order valence-corrected chi connectivity index (χ4v) is 3.96. The number of hydrogen-bond donors (Lipinski definition) is 1. The van der Waals surface area contributed by atoms with Crippen molar-refractivity contribution in [2.24, 2.45) is 0 Å². The van der Waals surface area contributed by atoms with E-state index in [-0.39, 0.29) is 18.3 Å². The van der Waals surface area contributed by atoms with E-state index in [4.69, 9.17) is 0 Å². The molecule has 1 unspecified atom stereocenters. The van der Waals surface area contributed by atoms with E-state index >= 15 is 0 Å². The maximum atomic E-state index is 13.5. The van der Waals surface area contributed by atoms with Crippen LogP contribution in [0.25, 0.3) is 11.1 Å². The Bertz CT molecular complexity index is 1030. The Kier molecular flexibility index (Phi) is 4.73. The molecule has 4 heteroatoms. The van der Waals surface area contributed by atoms with Gasteiger partial charge in [0.15, 0.2) is 0 Å². The summed E-state index contributed by atoms with van der Waals surface area (Å²) in [6, 6.07) is 21.3. The van der Waals surface area contributed by atoms with Crippen LogP contribution in [0.15, 0.2) is 72.8 Å². The predicted molar refractivity (Wildman–Crippen MR) is 107 cm³/mol. The maximum Gasteiger partial charge on any atom is 0.253 e. The molecule has 0 spiro atoms. The number of hydrogen-bond acceptors (Lipinski definition) is 2. The van der Waals surface area contributed by atoms with E-state index in [2.05, 4.69) is 0 Å². The molecule has 0 aromatic heterocycles. The standard InChI is InChI=1S/C24H22FNO2/c1-17-6-2-3-11-22(17)24(28)12-13-26(16-24)23(27)20-9-4-7-18(14-20)19-8-5-10-21(25)15-19/h2-11,14-15,28H,12-13,16H2,1H3. The van der Waals surface area contributed by atoms with E-state index in [0.29, 0.717) is 18.5 Å². The molecule has 1 amide bonds. The van der Waals surface area contributed by atoms with Gasteiger partial charge in [0.25, 0.3) is 5.91 Å². The Hall–Kier alpha value is -2.98. The first-order chi connectivity index (χ1) is 13.5. The van der Waals surface area contributed by atoms with Gasteiger partial charge in [0.2, 0.25) is 0 Å². The number of aliphatic hydroxyl groups is 1. The molecule has 1 aliphatic rings. The van der Waals surface area contributed by atoms with Crippen LogP contribution in [-0.4, -0.2) is 29.0 Å². The van der Waals surface area contributed by atoms with E-state index in [9.17, 15) is 14.3 Å². The lowest BCUT2D eigenvalue weighted by Crippen LogP contribution is -2.34. The molecule has 0 aliphatic carbocycles. The first kappa shape index (κ1) is 18.4. The zero-order valence-corrected chi connectivity index (χ0v) is 15.7. The third kappa shape index (κ3) is 3.43. The summed E-state index contributed by atoms with van der Waals surface area (Å²) >= 11 is 0. The summed E-state index contributed by atoms with van der Waals surface area (Å²) in [5, 5.41) is 11.1. The molecule has 3 aromatic rings. The van der Waals surface area contributed by atoms with Gasteiger partial charge < -0.3 is 10.0 Å². The van der Waals surface area contributed by atoms with Crippen molar-refractivity contribution < 1.29 is 14.3 Å². The highest BCUT2D eigenvalue weighted by molar-refractivity contribution is 5.95. The van der Waals surface area contributed by atoms with Crippen LogP contribution in [0.5, 0.6) is 0 Å². The number of aryl methyl sites for hydroxylation is 1. The molecule has 1 atom stereocenters. The summed E-state index contributed by atoms with van der Waals surface area (Å²) < 4.78 is 13.5. The van der Waals surface area contributed by atoms with Crippen LogP contribution in [0, 0.1) is 12.7 Å². The molecule has 1 N–H and O–H groups in total. The van der Waals surface area contributed by atoms with Crippen LogP contribution in [0.2, 0.25) is 0 Å². The molecule has 1 aliphatic heterocycles. The minimum absolute atomic E-state index is 0.122. The Morgan fingerprint density at radius 2 is 1.71 bits per heavy atom. The number of nitrogens with zero attached hydrogens (tertiary/aromatic N) is 1. The lowest BCUT2D eigenvalue weighted by Gasteiger charge is -2.25. The average molecular weight is 375 g/mol. The van der Waals surface area contributed by atoms with Crippen molar-refractivity contribution in [3.63, 3.8) is 0 Å². The second kappa shape index (κ2) is 7.21. The van der Waals surface area contributed by atoms with Gasteiger partial charge >= 0.3 is 0 Å². The molecule has 4 rings (SSSR count). The maximum absolute atomic E-state index is 13.5. The molecule has 3 nitrogen and oxygen atoms in total. The lowest BCUT2D eigenvalue weighted by molar-refractivity contribution is 0.0412. The van der Waals surface area contributed by atoms with Gasteiger partial charge in [-0.15, -0.1) is 0 Å². The van der Waals surface area contributed by atoms with Crippen molar-refractivity contribution in [2.45, 2.75) is 18.9 Å². The predicted octanol–water partition coefficient (Wildman–Crippen LogP) is 4.53. The van der Waals surface area contributed by atoms with E-state index < -0.39 is 5.60 Å². The van der Waals surface area contributed by atoms with Gasteiger partial charge in [0.1, 0.15) is 11.4 Å². The summed E-state index contributed by atoms with van der Waals surface area (Å²) in [4.78, 5) is 14.7. The Morgan fingerprint density at radius 3 is 2.46 bits per heavy atom. The quantitative estimate of drug-likeness (QED) is 0.730. The van der Waals surface area contributed by atoms with E-state index in [1.54, 1.807) is 29.2 Å². The highest BCUT2D eigenvalue weighted by Crippen LogP contribution is 2.34. The number of amides is 1. The normalized spacial score (nSPS) is 19.0. The topological polar surface area (TPSA) is 40.5 Å². The molecule has 0 radical (unpaired) electrons. The third-order valence-corrected chi connectivity index (χ3v) is 5.45. The largest absolute Gasteiger partial charge is 0.383 e. The van der Waals surface area contributed by atoms with Crippen molar-refractivity contribution in [3.05, 3.63) is 95.3 Å². The number of benzene rings is 3. The van der Waals surface area contributed by atoms with Crippen LogP contribution in [-0.2, 0) is 5.60 Å². The van der Waals surface area contributed by atoms with Gasteiger partial charge in [-0.2, -0.15) is 0 Å². The molecule has 142 valence electrons. The fraction of sp³-hybridized carbons (Fsp3) is 0.208. The summed E-state index contributed by atoms with van der Waals surface area (Å²) in [6.07, 6.45) is 0.507. The van der Waals surface area contributed by atoms with E-state index in [1.165, 1.54) is 12.1 Å². The minimum atomic E-state index is -1.03. The van der Waals surface area contributed by atoms with Gasteiger partial charge in [-0.25, -0.2) is 4.39 Å². The number of carbonyl (C=O) groups excluding carboxylic acids is 1. The van der Waals surface area contributed by atoms with Crippen molar-refractivity contribution >= 4 is 5.91 Å². The minimum Gasteiger partial charge on any atom is -0.383 e. The fourth-order valence-electron chi connectivity index (χ4n) is 3.96. The SMILES string of the molecule is Cc1ccccc1C1(O)CCN(C(=O)c2cccc(-c3cccc(F)c3)c2)C1. The number of rotatable bonds is 3. The molecule has 3 aromatic carbocycles. The Labute approximate surface area is 164 Å². The van der Waals surface area contributed by atoms with Gasteiger partial charge in [-0.1, -0.05) is 48.5 Å². The van der Waals surface area contributed by atoms with Gasteiger partial charge in [-0.3, -0.25) is 4.79 Å². The second-order valence-electron chi connectivity index (χ2n) is 7.41. The summed E-state index contributed by atoms with van der Waals surface area (Å²) in [6.45, 7) is 2.73. The highest BCUT2D eigenvalue weighted by Gasteiger charge is 2.40. The zero-order chi connectivity index (χ0) is 19.7. The Balaban J connectivity index is 1.58. The van der Waals surface area contributed by atoms with E-state index in [0.717, 1.165) is 22.3 Å². The van der Waals surface area contributed by atoms with Crippen molar-refractivity contribution in [1.29, 1.82) is 0 Å². The molecule has 1 fully saturated rings. The van der Waals surface area contributed by atoms with Gasteiger partial charge in [0, 0.05) is 12.1 Å². The molecule has 0 bridgehead atoms. The lowest BCUT2D eigenvalue weighted by atomic mass is 9.89. The van der Waals surface area contributed by atoms with E-state index in [1.807, 2.05) is 43.3 Å². The number of carbonyl (C=O) groups is 1. The summed E-state index contributed by atoms with van der Waals surface area (Å²) in [5.74, 6) is -0.431. The number of likely N-dealkylation sites (tertiary alicyclic amines) is 1. The van der Waals surface area contributed by atoms with Crippen LogP contribution in [0.3, 0.4) is 0 Å². The molecule has 1 saturated heterocycles. The first-order valence-electron chi connectivity index (χ1n) is 9.40. The first-order valence-corrected chi connectivity index (χ1v) is 9.40. The van der Waals surface area contributed by atoms with Gasteiger partial charge in [0.05, 0.1) is 6.54 Å². The Morgan fingerprint density at radius 1 is 1.00 bits per heavy atom. The van der Waals surface area contributed by atoms with Crippen LogP contribution >= 0.6 is 0 Å². The number of halogens is 1. The van der Waals surface area contributed by atoms with Crippen molar-refractivity contribution in [3.8, 4) is 11.1 Å². The van der Waals surface area contributed by atoms with Crippen molar-refractivity contribution in [1.82, 2.24) is 4.90 Å². The monoisotopic (exact) mass is 375 g/mol. The number of β-amino-alcohol motifs (C(OH)–C–C–N with tert-alkyl or cyclic N) is 1. The van der Waals surface area contributed by atoms with Crippen LogP contribution < -0.4 is 0 Å². The smallest absolute Gasteiger partial charge is 0.253 e. The second-order valence-corrected chi connectivity index (χ2v) is 7.41. The summed E-state index contributed by atoms with van der Waals surface area (Å²) in [5.41, 5.74) is 2.93. The van der Waals surface area contributed by atoms with Crippen molar-refractivity contribution in [2.75, 3.05) is 13.1 Å². The molecule has 28 heavy (non-hydrogen) atoms. The average Bonchev–Trinajstić information content (AvgIpc) is 3.11. The van der Waals surface area contributed by atoms with Crippen LogP contribution in [0.4, 0.5) is 4.39 Å². The molecule has 1 heterocycles. The van der Waals surface area contributed by atoms with Gasteiger partial charge in [-0.05, 0) is 59.9 Å². The highest BCUT2D eigenvalue weighted by atomic mass is 19.1. The molecular weight excluding hydrogens is 353 g/mol. The van der Waals surface area contributed by atoms with Crippen LogP contribution in [0.1, 0.15) is 27.9 Å². The third-order valence-electron chi connectivity index (χ3n) is 5.45. The molecular formula is C24H22FNO2. The zero-order valence-electron chi connectivity index (χ0n) is 15.7. The summed E-state index contributed by atoms with van der Waals surface area (Å²) in [7, 11) is 0. The molecule has 0 saturated carbocycles.